The van der Waals surface area contributed by atoms with Crippen molar-refractivity contribution in [1.29, 1.82) is 0 Å². The highest BCUT2D eigenvalue weighted by atomic mass is 19.1. The average Bonchev–Trinajstić information content (AvgIpc) is 2.53. The van der Waals surface area contributed by atoms with Crippen molar-refractivity contribution in [1.82, 2.24) is 10.2 Å². The summed E-state index contributed by atoms with van der Waals surface area (Å²) in [5.41, 5.74) is 1.04. The maximum Gasteiger partial charge on any atom is 0.317 e. The minimum Gasteiger partial charge on any atom is -0.371 e. The molecule has 1 aliphatic heterocycles. The van der Waals surface area contributed by atoms with Crippen molar-refractivity contribution in [3.63, 3.8) is 0 Å². The second kappa shape index (κ2) is 7.11. The molecule has 1 fully saturated rings. The van der Waals surface area contributed by atoms with Crippen LogP contribution in [0.5, 0.6) is 0 Å². The van der Waals surface area contributed by atoms with Crippen LogP contribution in [0, 0.1) is 5.82 Å². The minimum absolute atomic E-state index is 0.0601. The Kier molecular flexibility index (Phi) is 5.20. The number of piperidine rings is 1. The van der Waals surface area contributed by atoms with Crippen LogP contribution in [-0.4, -0.2) is 43.7 Å². The van der Waals surface area contributed by atoms with E-state index in [0.717, 1.165) is 31.6 Å². The van der Waals surface area contributed by atoms with E-state index in [9.17, 15) is 9.18 Å². The first-order valence-corrected chi connectivity index (χ1v) is 7.24. The molecular weight excluding hydrogens is 269 g/mol. The van der Waals surface area contributed by atoms with Crippen molar-refractivity contribution < 1.29 is 9.18 Å². The molecule has 21 heavy (non-hydrogen) atoms. The number of hydrogen-bond acceptors (Lipinski definition) is 2. The molecule has 114 valence electrons. The lowest BCUT2D eigenvalue weighted by Gasteiger charge is -2.37. The van der Waals surface area contributed by atoms with E-state index >= 15 is 0 Å². The third-order valence-corrected chi connectivity index (χ3v) is 3.92. The van der Waals surface area contributed by atoms with Gasteiger partial charge in [0, 0.05) is 38.4 Å². The first kappa shape index (κ1) is 15.4. The SMILES string of the molecule is C=CCNC(=O)N(C)C1CCN(c2ccc(F)cc2)CC1. The molecule has 0 bridgehead atoms. The summed E-state index contributed by atoms with van der Waals surface area (Å²) in [5.74, 6) is -0.216. The van der Waals surface area contributed by atoms with Gasteiger partial charge in [0.2, 0.25) is 0 Å². The molecule has 0 radical (unpaired) electrons. The summed E-state index contributed by atoms with van der Waals surface area (Å²) in [6.07, 6.45) is 3.49. The Morgan fingerprint density at radius 3 is 2.62 bits per heavy atom. The lowest BCUT2D eigenvalue weighted by atomic mass is 10.0. The number of benzene rings is 1. The number of carbonyl (C=O) groups is 1. The van der Waals surface area contributed by atoms with Crippen molar-refractivity contribution in [3.8, 4) is 0 Å². The Labute approximate surface area is 125 Å². The van der Waals surface area contributed by atoms with Gasteiger partial charge in [-0.1, -0.05) is 6.08 Å². The Morgan fingerprint density at radius 1 is 1.43 bits per heavy atom. The zero-order chi connectivity index (χ0) is 15.2. The molecule has 0 aliphatic carbocycles. The first-order valence-electron chi connectivity index (χ1n) is 7.24. The molecule has 1 aliphatic rings. The van der Waals surface area contributed by atoms with Gasteiger partial charge in [0.05, 0.1) is 0 Å². The van der Waals surface area contributed by atoms with Crippen LogP contribution in [0.4, 0.5) is 14.9 Å². The molecule has 0 unspecified atom stereocenters. The van der Waals surface area contributed by atoms with Gasteiger partial charge in [0.1, 0.15) is 5.82 Å². The van der Waals surface area contributed by atoms with Crippen LogP contribution in [0.1, 0.15) is 12.8 Å². The highest BCUT2D eigenvalue weighted by Gasteiger charge is 2.25. The molecule has 1 heterocycles. The highest BCUT2D eigenvalue weighted by Crippen LogP contribution is 2.22. The molecule has 0 atom stereocenters. The number of amides is 2. The fraction of sp³-hybridized carbons (Fsp3) is 0.438. The number of nitrogens with one attached hydrogen (secondary N) is 1. The van der Waals surface area contributed by atoms with Gasteiger partial charge in [-0.25, -0.2) is 9.18 Å². The van der Waals surface area contributed by atoms with Crippen LogP contribution in [-0.2, 0) is 0 Å². The van der Waals surface area contributed by atoms with Crippen molar-refractivity contribution in [2.45, 2.75) is 18.9 Å². The van der Waals surface area contributed by atoms with Crippen LogP contribution in [0.2, 0.25) is 0 Å². The van der Waals surface area contributed by atoms with Crippen LogP contribution in [0.3, 0.4) is 0 Å². The summed E-state index contributed by atoms with van der Waals surface area (Å²) in [6, 6.07) is 6.75. The normalized spacial score (nSPS) is 15.6. The smallest absolute Gasteiger partial charge is 0.317 e. The number of anilines is 1. The number of rotatable bonds is 4. The summed E-state index contributed by atoms with van der Waals surface area (Å²) in [6.45, 7) is 5.81. The van der Waals surface area contributed by atoms with Gasteiger partial charge in [-0.15, -0.1) is 6.58 Å². The second-order valence-corrected chi connectivity index (χ2v) is 5.28. The van der Waals surface area contributed by atoms with E-state index in [4.69, 9.17) is 0 Å². The van der Waals surface area contributed by atoms with Crippen LogP contribution >= 0.6 is 0 Å². The van der Waals surface area contributed by atoms with Crippen LogP contribution in [0.25, 0.3) is 0 Å². The fourth-order valence-corrected chi connectivity index (χ4v) is 2.61. The standard InChI is InChI=1S/C16H22FN3O/c1-3-10-18-16(21)19(2)14-8-11-20(12-9-14)15-6-4-13(17)5-7-15/h3-7,14H,1,8-12H2,2H3,(H,18,21). The molecule has 1 aromatic carbocycles. The topological polar surface area (TPSA) is 35.6 Å². The maximum absolute atomic E-state index is 12.9. The highest BCUT2D eigenvalue weighted by molar-refractivity contribution is 5.74. The van der Waals surface area contributed by atoms with Gasteiger partial charge in [0.25, 0.3) is 0 Å². The molecule has 1 aromatic rings. The van der Waals surface area contributed by atoms with Crippen molar-refractivity contribution in [2.75, 3.05) is 31.6 Å². The van der Waals surface area contributed by atoms with Gasteiger partial charge in [0.15, 0.2) is 0 Å². The molecular formula is C16H22FN3O. The van der Waals surface area contributed by atoms with Gasteiger partial charge < -0.3 is 15.1 Å². The van der Waals surface area contributed by atoms with E-state index in [0.29, 0.717) is 6.54 Å². The van der Waals surface area contributed by atoms with E-state index in [2.05, 4.69) is 16.8 Å². The quantitative estimate of drug-likeness (QED) is 0.866. The number of urea groups is 1. The molecule has 1 saturated heterocycles. The van der Waals surface area contributed by atoms with Gasteiger partial charge in [-0.05, 0) is 37.1 Å². The Balaban J connectivity index is 1.86. The Bertz CT molecular complexity index is 481. The molecule has 5 heteroatoms. The zero-order valence-corrected chi connectivity index (χ0v) is 12.4. The fourth-order valence-electron chi connectivity index (χ4n) is 2.61. The van der Waals surface area contributed by atoms with E-state index in [-0.39, 0.29) is 17.9 Å². The molecule has 2 amide bonds. The molecule has 4 nitrogen and oxygen atoms in total. The first-order chi connectivity index (χ1) is 10.1. The number of nitrogens with zero attached hydrogens (tertiary/aromatic N) is 2. The lowest BCUT2D eigenvalue weighted by molar-refractivity contribution is 0.181. The molecule has 0 saturated carbocycles. The third kappa shape index (κ3) is 3.97. The molecule has 1 N–H and O–H groups in total. The van der Waals surface area contributed by atoms with E-state index < -0.39 is 0 Å². The summed E-state index contributed by atoms with van der Waals surface area (Å²) in [4.78, 5) is 15.9. The maximum atomic E-state index is 12.9. The molecule has 2 rings (SSSR count). The Morgan fingerprint density at radius 2 is 2.05 bits per heavy atom. The summed E-state index contributed by atoms with van der Waals surface area (Å²) < 4.78 is 12.9. The Hall–Kier alpha value is -2.04. The zero-order valence-electron chi connectivity index (χ0n) is 12.4. The van der Waals surface area contributed by atoms with Crippen LogP contribution < -0.4 is 10.2 Å². The summed E-state index contributed by atoms with van der Waals surface area (Å²) in [7, 11) is 1.83. The lowest BCUT2D eigenvalue weighted by Crippen LogP contribution is -2.48. The summed E-state index contributed by atoms with van der Waals surface area (Å²) >= 11 is 0. The number of halogens is 1. The van der Waals surface area contributed by atoms with E-state index in [1.807, 2.05) is 7.05 Å². The monoisotopic (exact) mass is 291 g/mol. The average molecular weight is 291 g/mol. The largest absolute Gasteiger partial charge is 0.371 e. The molecule has 0 aromatic heterocycles. The van der Waals surface area contributed by atoms with Gasteiger partial charge in [-0.3, -0.25) is 0 Å². The van der Waals surface area contributed by atoms with E-state index in [1.165, 1.54) is 12.1 Å². The molecule has 0 spiro atoms. The summed E-state index contributed by atoms with van der Waals surface area (Å²) in [5, 5.41) is 2.79. The third-order valence-electron chi connectivity index (χ3n) is 3.92. The van der Waals surface area contributed by atoms with Crippen molar-refractivity contribution >= 4 is 11.7 Å². The van der Waals surface area contributed by atoms with Crippen LogP contribution in [0.15, 0.2) is 36.9 Å². The van der Waals surface area contributed by atoms with Gasteiger partial charge in [-0.2, -0.15) is 0 Å². The van der Waals surface area contributed by atoms with Crippen molar-refractivity contribution in [2.24, 2.45) is 0 Å². The number of hydrogen-bond donors (Lipinski definition) is 1. The number of carbonyl (C=O) groups excluding carboxylic acids is 1. The van der Waals surface area contributed by atoms with Crippen molar-refractivity contribution in [3.05, 3.63) is 42.7 Å². The minimum atomic E-state index is -0.216. The predicted molar refractivity (Wildman–Crippen MR) is 83.0 cm³/mol. The van der Waals surface area contributed by atoms with E-state index in [1.54, 1.807) is 23.1 Å². The van der Waals surface area contributed by atoms with Gasteiger partial charge >= 0.3 is 6.03 Å². The predicted octanol–water partition coefficient (Wildman–Crippen LogP) is 2.62. The second-order valence-electron chi connectivity index (χ2n) is 5.28.